The molecule has 1 aliphatic rings. The van der Waals surface area contributed by atoms with E-state index < -0.39 is 5.97 Å². The molecule has 0 atom stereocenters. The minimum Gasteiger partial charge on any atom is -0.493 e. The maximum atomic E-state index is 10.5. The van der Waals surface area contributed by atoms with Crippen molar-refractivity contribution < 1.29 is 14.6 Å². The Morgan fingerprint density at radius 1 is 1.09 bits per heavy atom. The normalized spacial score (nSPS) is 11.6. The molecule has 6 nitrogen and oxygen atoms in total. The van der Waals surface area contributed by atoms with Crippen molar-refractivity contribution in [2.45, 2.75) is 46.5 Å². The average molecular weight is 464 g/mol. The molecule has 1 aromatic heterocycles. The lowest BCUT2D eigenvalue weighted by Crippen LogP contribution is -2.12. The van der Waals surface area contributed by atoms with Crippen molar-refractivity contribution in [3.8, 4) is 5.75 Å². The number of hydrogen-bond donors (Lipinski definition) is 2. The molecule has 0 amide bonds. The Bertz CT molecular complexity index is 1050. The van der Waals surface area contributed by atoms with Gasteiger partial charge < -0.3 is 20.1 Å². The molecule has 2 N–H and O–H groups in total. The summed E-state index contributed by atoms with van der Waals surface area (Å²) >= 11 is 0. The van der Waals surface area contributed by atoms with Crippen molar-refractivity contribution in [3.63, 3.8) is 0 Å². The number of nitrogens with one attached hydrogen (secondary N) is 1. The second-order valence-electron chi connectivity index (χ2n) is 8.03. The minimum absolute atomic E-state index is 0.238. The predicted molar refractivity (Wildman–Crippen MR) is 141 cm³/mol. The van der Waals surface area contributed by atoms with Crippen LogP contribution in [0.2, 0.25) is 0 Å². The molecule has 4 rings (SSSR count). The number of aromatic nitrogens is 1. The second-order valence-corrected chi connectivity index (χ2v) is 8.03. The number of anilines is 3. The summed E-state index contributed by atoms with van der Waals surface area (Å²) in [6.45, 7) is 9.28. The molecule has 2 heterocycles. The van der Waals surface area contributed by atoms with Crippen molar-refractivity contribution in [2.75, 3.05) is 30.9 Å². The van der Waals surface area contributed by atoms with Gasteiger partial charge in [-0.15, -0.1) is 0 Å². The monoisotopic (exact) mass is 463 g/mol. The zero-order valence-corrected chi connectivity index (χ0v) is 21.1. The maximum Gasteiger partial charge on any atom is 0.337 e. The number of hydrogen-bond acceptors (Lipinski definition) is 5. The van der Waals surface area contributed by atoms with E-state index in [4.69, 9.17) is 9.84 Å². The fraction of sp³-hybridized carbons (Fsp3) is 0.357. The number of carboxylic acid groups (broad SMARTS) is 1. The van der Waals surface area contributed by atoms with E-state index in [1.807, 2.05) is 13.8 Å². The van der Waals surface area contributed by atoms with E-state index in [2.05, 4.69) is 78.6 Å². The first-order valence-corrected chi connectivity index (χ1v) is 11.8. The molecule has 0 radical (unpaired) electrons. The highest BCUT2D eigenvalue weighted by Gasteiger charge is 2.13. The summed E-state index contributed by atoms with van der Waals surface area (Å²) < 4.78 is 5.77. The number of aromatic carboxylic acids is 1. The Balaban J connectivity index is 0.000000266. The third kappa shape index (κ3) is 6.98. The van der Waals surface area contributed by atoms with Crippen LogP contribution in [0, 0.1) is 0 Å². The van der Waals surface area contributed by atoms with Gasteiger partial charge in [0.1, 0.15) is 5.75 Å². The molecule has 182 valence electrons. The summed E-state index contributed by atoms with van der Waals surface area (Å²) in [5, 5.41) is 11.4. The van der Waals surface area contributed by atoms with Crippen LogP contribution in [0.1, 0.15) is 61.5 Å². The van der Waals surface area contributed by atoms with Crippen LogP contribution >= 0.6 is 0 Å². The Morgan fingerprint density at radius 2 is 1.76 bits per heavy atom. The average Bonchev–Trinajstić information content (AvgIpc) is 2.89. The van der Waals surface area contributed by atoms with E-state index in [1.54, 1.807) is 7.05 Å². The second kappa shape index (κ2) is 13.2. The molecule has 3 aromatic rings. The Labute approximate surface area is 203 Å². The standard InChI is InChI=1S/C19H23NO.C7H8N2O2.C2H6/c1-14(2)15-6-9-17(10-7-15)20(3)18-11-8-16-5-4-12-21-19(16)13-18;1-8-6-4-9-3-2-5(6)7(10)11;1-2/h6-11,13-14H,4-5,12H2,1-3H3;2-4,8H,1H3,(H,10,11);1-2H3. The van der Waals surface area contributed by atoms with Crippen LogP contribution in [-0.4, -0.2) is 36.8 Å². The van der Waals surface area contributed by atoms with Crippen molar-refractivity contribution in [2.24, 2.45) is 0 Å². The van der Waals surface area contributed by atoms with Crippen molar-refractivity contribution in [3.05, 3.63) is 77.6 Å². The van der Waals surface area contributed by atoms with Crippen molar-refractivity contribution in [1.82, 2.24) is 4.98 Å². The molecule has 0 fully saturated rings. The van der Waals surface area contributed by atoms with Crippen molar-refractivity contribution in [1.29, 1.82) is 0 Å². The summed E-state index contributed by atoms with van der Waals surface area (Å²) in [7, 11) is 3.76. The molecule has 0 unspecified atom stereocenters. The van der Waals surface area contributed by atoms with E-state index in [9.17, 15) is 4.79 Å². The van der Waals surface area contributed by atoms with Crippen LogP contribution in [0.3, 0.4) is 0 Å². The third-order valence-corrected chi connectivity index (χ3v) is 5.55. The predicted octanol–water partition coefficient (Wildman–Crippen LogP) is 6.75. The summed E-state index contributed by atoms with van der Waals surface area (Å²) in [4.78, 5) is 16.5. The fourth-order valence-electron chi connectivity index (χ4n) is 3.55. The lowest BCUT2D eigenvalue weighted by Gasteiger charge is -2.23. The van der Waals surface area contributed by atoms with Crippen molar-refractivity contribution >= 4 is 23.0 Å². The van der Waals surface area contributed by atoms with Gasteiger partial charge in [-0.1, -0.05) is 45.9 Å². The first kappa shape index (κ1) is 26.7. The van der Waals surface area contributed by atoms with Gasteiger partial charge in [-0.25, -0.2) is 4.79 Å². The lowest BCUT2D eigenvalue weighted by molar-refractivity contribution is 0.0698. The van der Waals surface area contributed by atoms with E-state index in [0.717, 1.165) is 25.2 Å². The van der Waals surface area contributed by atoms with Crippen LogP contribution in [0.25, 0.3) is 0 Å². The molecule has 6 heteroatoms. The number of pyridine rings is 1. The third-order valence-electron chi connectivity index (χ3n) is 5.55. The summed E-state index contributed by atoms with van der Waals surface area (Å²) in [6, 6.07) is 16.8. The van der Waals surface area contributed by atoms with Crippen LogP contribution in [0.5, 0.6) is 5.75 Å². The first-order valence-electron chi connectivity index (χ1n) is 11.8. The molecule has 1 aliphatic heterocycles. The summed E-state index contributed by atoms with van der Waals surface area (Å²) in [5.41, 5.74) is 5.85. The van der Waals surface area contributed by atoms with E-state index >= 15 is 0 Å². The SMILES string of the molecule is CC.CC(C)c1ccc(N(C)c2ccc3c(c2)OCCC3)cc1.CNc1cnccc1C(=O)O. The lowest BCUT2D eigenvalue weighted by atomic mass is 10.0. The van der Waals surface area contributed by atoms with E-state index in [0.29, 0.717) is 11.6 Å². The molecular formula is C28H37N3O3. The largest absolute Gasteiger partial charge is 0.493 e. The summed E-state index contributed by atoms with van der Waals surface area (Å²) in [5.74, 6) is 0.669. The highest BCUT2D eigenvalue weighted by Crippen LogP contribution is 2.32. The van der Waals surface area contributed by atoms with E-state index in [-0.39, 0.29) is 5.56 Å². The number of rotatable bonds is 5. The molecule has 0 aliphatic carbocycles. The zero-order chi connectivity index (χ0) is 25.1. The van der Waals surface area contributed by atoms with Gasteiger partial charge >= 0.3 is 5.97 Å². The molecule has 0 bridgehead atoms. The van der Waals surface area contributed by atoms with Gasteiger partial charge in [0.25, 0.3) is 0 Å². The number of benzene rings is 2. The van der Waals surface area contributed by atoms with Gasteiger partial charge in [0.15, 0.2) is 0 Å². The number of carbonyl (C=O) groups is 1. The number of carboxylic acids is 1. The van der Waals surface area contributed by atoms with Gasteiger partial charge in [0.05, 0.1) is 24.1 Å². The van der Waals surface area contributed by atoms with Gasteiger partial charge in [0.2, 0.25) is 0 Å². The highest BCUT2D eigenvalue weighted by molar-refractivity contribution is 5.93. The molecular weight excluding hydrogens is 426 g/mol. The molecule has 0 saturated heterocycles. The quantitative estimate of drug-likeness (QED) is 0.436. The Kier molecular flexibility index (Phi) is 10.4. The van der Waals surface area contributed by atoms with E-state index in [1.165, 1.54) is 41.0 Å². The number of ether oxygens (including phenoxy) is 1. The minimum atomic E-state index is -0.947. The molecule has 0 spiro atoms. The number of fused-ring (bicyclic) bond motifs is 1. The van der Waals surface area contributed by atoms with Gasteiger partial charge in [0, 0.05) is 37.7 Å². The molecule has 0 saturated carbocycles. The van der Waals surface area contributed by atoms with Gasteiger partial charge in [-0.3, -0.25) is 4.98 Å². The summed E-state index contributed by atoms with van der Waals surface area (Å²) in [6.07, 6.45) is 5.18. The smallest absolute Gasteiger partial charge is 0.337 e. The molecule has 34 heavy (non-hydrogen) atoms. The topological polar surface area (TPSA) is 74.7 Å². The fourth-order valence-corrected chi connectivity index (χ4v) is 3.55. The zero-order valence-electron chi connectivity index (χ0n) is 21.1. The first-order chi connectivity index (χ1) is 16.4. The van der Waals surface area contributed by atoms with Gasteiger partial charge in [-0.2, -0.15) is 0 Å². The Hall–Kier alpha value is -3.54. The van der Waals surface area contributed by atoms with Crippen LogP contribution < -0.4 is 15.0 Å². The van der Waals surface area contributed by atoms with Crippen LogP contribution in [0.15, 0.2) is 60.9 Å². The van der Waals surface area contributed by atoms with Crippen LogP contribution in [-0.2, 0) is 6.42 Å². The maximum absolute atomic E-state index is 10.5. The van der Waals surface area contributed by atoms with Crippen LogP contribution in [0.4, 0.5) is 17.1 Å². The van der Waals surface area contributed by atoms with Gasteiger partial charge in [-0.05, 0) is 54.2 Å². The number of nitrogens with zero attached hydrogens (tertiary/aromatic N) is 2. The molecule has 2 aromatic carbocycles. The number of aryl methyl sites for hydroxylation is 1. The Morgan fingerprint density at radius 3 is 2.35 bits per heavy atom. The highest BCUT2D eigenvalue weighted by atomic mass is 16.5.